The molecule has 0 heterocycles. The van der Waals surface area contributed by atoms with Crippen molar-refractivity contribution < 1.29 is 27.0 Å². The van der Waals surface area contributed by atoms with E-state index in [1.165, 1.54) is 24.3 Å². The Bertz CT molecular complexity index is 1050. The number of alkyl halides is 4. The molecule has 4 aromatic rings. The van der Waals surface area contributed by atoms with Gasteiger partial charge in [0, 0.05) is 11.1 Å². The highest BCUT2D eigenvalue weighted by molar-refractivity contribution is 5.39. The number of hydrogen-bond donors (Lipinski definition) is 0. The van der Waals surface area contributed by atoms with E-state index in [-0.39, 0.29) is 11.5 Å². The molecule has 0 aromatic heterocycles. The second-order valence-electron chi connectivity index (χ2n) is 7.03. The maximum absolute atomic E-state index is 14.8. The number of ether oxygens (including phenoxy) is 2. The second-order valence-corrected chi connectivity index (χ2v) is 7.03. The van der Waals surface area contributed by atoms with Crippen LogP contribution in [-0.2, 0) is 11.8 Å². The third-order valence-corrected chi connectivity index (χ3v) is 4.79. The van der Waals surface area contributed by atoms with Gasteiger partial charge in [0.1, 0.15) is 23.0 Å². The average Bonchev–Trinajstić information content (AvgIpc) is 2.81. The summed E-state index contributed by atoms with van der Waals surface area (Å²) in [5, 5.41) is 0. The van der Waals surface area contributed by atoms with Gasteiger partial charge in [0.15, 0.2) is 0 Å². The van der Waals surface area contributed by atoms with Crippen LogP contribution in [0.1, 0.15) is 11.1 Å². The van der Waals surface area contributed by atoms with Crippen molar-refractivity contribution in [3.63, 3.8) is 0 Å². The van der Waals surface area contributed by atoms with Gasteiger partial charge in [-0.05, 0) is 72.8 Å². The molecule has 0 atom stereocenters. The summed E-state index contributed by atoms with van der Waals surface area (Å²) in [5.41, 5.74) is -1.62. The smallest absolute Gasteiger partial charge is 0.339 e. The van der Waals surface area contributed by atoms with E-state index >= 15 is 0 Å². The molecule has 162 valence electrons. The first-order valence-electron chi connectivity index (χ1n) is 9.79. The molecule has 0 saturated carbocycles. The quantitative estimate of drug-likeness (QED) is 0.271. The minimum Gasteiger partial charge on any atom is -0.457 e. The van der Waals surface area contributed by atoms with Crippen LogP contribution in [0, 0.1) is 0 Å². The minimum atomic E-state index is -4.43. The molecule has 0 bridgehead atoms. The number of para-hydroxylation sites is 2. The Balaban J connectivity index is 1.51. The van der Waals surface area contributed by atoms with Crippen molar-refractivity contribution >= 4 is 0 Å². The molecule has 32 heavy (non-hydrogen) atoms. The topological polar surface area (TPSA) is 18.5 Å². The van der Waals surface area contributed by atoms with Gasteiger partial charge in [-0.15, -0.1) is 0 Å². The summed E-state index contributed by atoms with van der Waals surface area (Å²) in [4.78, 5) is 0. The van der Waals surface area contributed by atoms with E-state index in [0.29, 0.717) is 11.5 Å². The van der Waals surface area contributed by atoms with Crippen molar-refractivity contribution in [1.82, 2.24) is 0 Å². The van der Waals surface area contributed by atoms with Crippen molar-refractivity contribution in [1.29, 1.82) is 0 Å². The Kier molecular flexibility index (Phi) is 5.86. The van der Waals surface area contributed by atoms with Crippen molar-refractivity contribution in [2.75, 3.05) is 0 Å². The van der Waals surface area contributed by atoms with E-state index in [2.05, 4.69) is 0 Å². The van der Waals surface area contributed by atoms with Crippen molar-refractivity contribution in [3.05, 3.63) is 120 Å². The van der Waals surface area contributed by atoms with Crippen LogP contribution >= 0.6 is 0 Å². The predicted octanol–water partition coefficient (Wildman–Crippen LogP) is 8.16. The first kappa shape index (κ1) is 21.4. The maximum atomic E-state index is 14.8. The number of benzene rings is 4. The monoisotopic (exact) mass is 438 g/mol. The fourth-order valence-electron chi connectivity index (χ4n) is 3.08. The normalized spacial score (nSPS) is 11.8. The lowest BCUT2D eigenvalue weighted by molar-refractivity contribution is -0.223. The summed E-state index contributed by atoms with van der Waals surface area (Å²) in [5.74, 6) is -7.31. The summed E-state index contributed by atoms with van der Waals surface area (Å²) in [6.45, 7) is 0. The van der Waals surface area contributed by atoms with Gasteiger partial charge in [-0.2, -0.15) is 17.6 Å². The van der Waals surface area contributed by atoms with E-state index in [4.69, 9.17) is 9.47 Å². The van der Waals surface area contributed by atoms with Gasteiger partial charge in [0.2, 0.25) is 0 Å². The zero-order valence-electron chi connectivity index (χ0n) is 16.7. The average molecular weight is 438 g/mol. The van der Waals surface area contributed by atoms with Crippen molar-refractivity contribution in [2.45, 2.75) is 11.8 Å². The molecule has 0 amide bonds. The van der Waals surface area contributed by atoms with Gasteiger partial charge in [0.05, 0.1) is 0 Å². The first-order chi connectivity index (χ1) is 15.4. The SMILES string of the molecule is FC(F)(c1ccc(Oc2ccccc2)cc1)C(F)(F)c1ccc(Oc2ccccc2)cc1. The van der Waals surface area contributed by atoms with Crippen LogP contribution in [0.25, 0.3) is 0 Å². The molecule has 6 heteroatoms. The zero-order chi connectivity index (χ0) is 22.6. The summed E-state index contributed by atoms with van der Waals surface area (Å²) < 4.78 is 70.3. The van der Waals surface area contributed by atoms with Gasteiger partial charge in [-0.1, -0.05) is 36.4 Å². The molecule has 0 fully saturated rings. The molecular weight excluding hydrogens is 420 g/mol. The van der Waals surface area contributed by atoms with Crippen LogP contribution in [0.2, 0.25) is 0 Å². The third-order valence-electron chi connectivity index (χ3n) is 4.79. The Hall–Kier alpha value is -3.80. The second kappa shape index (κ2) is 8.75. The van der Waals surface area contributed by atoms with Gasteiger partial charge >= 0.3 is 11.8 Å². The van der Waals surface area contributed by atoms with Crippen LogP contribution in [0.3, 0.4) is 0 Å². The van der Waals surface area contributed by atoms with Gasteiger partial charge in [-0.25, -0.2) is 0 Å². The highest BCUT2D eigenvalue weighted by Gasteiger charge is 2.58. The van der Waals surface area contributed by atoms with Crippen LogP contribution < -0.4 is 9.47 Å². The van der Waals surface area contributed by atoms with Gasteiger partial charge in [-0.3, -0.25) is 0 Å². The molecule has 0 aliphatic carbocycles. The zero-order valence-corrected chi connectivity index (χ0v) is 16.7. The molecule has 0 saturated heterocycles. The molecule has 4 rings (SSSR count). The van der Waals surface area contributed by atoms with Crippen molar-refractivity contribution in [3.8, 4) is 23.0 Å². The van der Waals surface area contributed by atoms with E-state index in [1.807, 2.05) is 0 Å². The van der Waals surface area contributed by atoms with Gasteiger partial charge < -0.3 is 9.47 Å². The lowest BCUT2D eigenvalue weighted by Crippen LogP contribution is -2.35. The standard InChI is InChI=1S/C26H18F4O2/c27-25(28,19-11-15-23(16-12-19)31-21-7-3-1-4-8-21)26(29,30)20-13-17-24(18-14-20)32-22-9-5-2-6-10-22/h1-18H. The fraction of sp³-hybridized carbons (Fsp3) is 0.0769. The number of halogens is 4. The molecule has 0 aliphatic heterocycles. The van der Waals surface area contributed by atoms with Crippen LogP contribution in [0.4, 0.5) is 17.6 Å². The summed E-state index contributed by atoms with van der Waals surface area (Å²) in [7, 11) is 0. The molecule has 0 aliphatic rings. The van der Waals surface area contributed by atoms with E-state index < -0.39 is 23.0 Å². The molecular formula is C26H18F4O2. The van der Waals surface area contributed by atoms with Crippen LogP contribution in [0.5, 0.6) is 23.0 Å². The first-order valence-corrected chi connectivity index (χ1v) is 9.79. The molecule has 0 spiro atoms. The van der Waals surface area contributed by atoms with Crippen LogP contribution in [0.15, 0.2) is 109 Å². The van der Waals surface area contributed by atoms with E-state index in [9.17, 15) is 17.6 Å². The Morgan fingerprint density at radius 2 is 0.656 bits per heavy atom. The fourth-order valence-corrected chi connectivity index (χ4v) is 3.08. The van der Waals surface area contributed by atoms with Crippen LogP contribution in [-0.4, -0.2) is 0 Å². The predicted molar refractivity (Wildman–Crippen MR) is 114 cm³/mol. The summed E-state index contributed by atoms with van der Waals surface area (Å²) in [6, 6.07) is 26.2. The largest absolute Gasteiger partial charge is 0.457 e. The molecule has 0 N–H and O–H groups in total. The lowest BCUT2D eigenvalue weighted by atomic mass is 9.96. The molecule has 4 aromatic carbocycles. The van der Waals surface area contributed by atoms with Gasteiger partial charge in [0.25, 0.3) is 0 Å². The Labute approximate surface area is 182 Å². The summed E-state index contributed by atoms with van der Waals surface area (Å²) >= 11 is 0. The third kappa shape index (κ3) is 4.44. The highest BCUT2D eigenvalue weighted by atomic mass is 19.3. The number of hydrogen-bond acceptors (Lipinski definition) is 2. The maximum Gasteiger partial charge on any atom is 0.339 e. The highest BCUT2D eigenvalue weighted by Crippen LogP contribution is 2.50. The molecule has 0 radical (unpaired) electrons. The number of rotatable bonds is 7. The summed E-state index contributed by atoms with van der Waals surface area (Å²) in [6.07, 6.45) is 0. The molecule has 2 nitrogen and oxygen atoms in total. The Morgan fingerprint density at radius 1 is 0.375 bits per heavy atom. The lowest BCUT2D eigenvalue weighted by Gasteiger charge is -2.27. The minimum absolute atomic E-state index is 0.265. The molecule has 0 unspecified atom stereocenters. The Morgan fingerprint density at radius 3 is 0.969 bits per heavy atom. The van der Waals surface area contributed by atoms with E-state index in [0.717, 1.165) is 24.3 Å². The van der Waals surface area contributed by atoms with Crippen molar-refractivity contribution in [2.24, 2.45) is 0 Å². The van der Waals surface area contributed by atoms with E-state index in [1.54, 1.807) is 60.7 Å².